The third-order valence-electron chi connectivity index (χ3n) is 4.61. The Kier molecular flexibility index (Phi) is 6.29. The van der Waals surface area contributed by atoms with Crippen molar-refractivity contribution in [2.24, 2.45) is 0 Å². The minimum atomic E-state index is -0.239. The molecule has 0 amide bonds. The van der Waals surface area contributed by atoms with Gasteiger partial charge in [0.25, 0.3) is 0 Å². The van der Waals surface area contributed by atoms with Gasteiger partial charge in [-0.2, -0.15) is 11.3 Å². The van der Waals surface area contributed by atoms with Gasteiger partial charge in [-0.1, -0.05) is 0 Å². The lowest BCUT2D eigenvalue weighted by molar-refractivity contribution is 0.245. The summed E-state index contributed by atoms with van der Waals surface area (Å²) in [7, 11) is 3.10. The Morgan fingerprint density at radius 3 is 2.32 bits per heavy atom. The average Bonchev–Trinajstić information content (AvgIpc) is 3.03. The first-order chi connectivity index (χ1) is 12.2. The molecule has 3 rings (SSSR count). The van der Waals surface area contributed by atoms with Gasteiger partial charge in [-0.25, -0.2) is 4.39 Å². The molecule has 0 saturated carbocycles. The smallest absolute Gasteiger partial charge is 0.163 e. The van der Waals surface area contributed by atoms with E-state index in [0.29, 0.717) is 23.6 Å². The lowest BCUT2D eigenvalue weighted by atomic mass is 10.1. The van der Waals surface area contributed by atoms with Crippen molar-refractivity contribution in [2.75, 3.05) is 40.4 Å². The van der Waals surface area contributed by atoms with Gasteiger partial charge in [0.1, 0.15) is 5.82 Å². The van der Waals surface area contributed by atoms with Gasteiger partial charge in [-0.3, -0.25) is 9.80 Å². The van der Waals surface area contributed by atoms with Crippen LogP contribution >= 0.6 is 11.3 Å². The van der Waals surface area contributed by atoms with Gasteiger partial charge < -0.3 is 9.47 Å². The maximum atomic E-state index is 14.4. The Morgan fingerprint density at radius 1 is 1.00 bits per heavy atom. The van der Waals surface area contributed by atoms with Gasteiger partial charge in [-0.15, -0.1) is 0 Å². The van der Waals surface area contributed by atoms with Crippen molar-refractivity contribution in [3.8, 4) is 11.5 Å². The number of hydrogen-bond donors (Lipinski definition) is 0. The van der Waals surface area contributed by atoms with E-state index in [9.17, 15) is 4.39 Å². The van der Waals surface area contributed by atoms with Gasteiger partial charge in [0.05, 0.1) is 14.2 Å². The van der Waals surface area contributed by atoms with Crippen molar-refractivity contribution in [3.63, 3.8) is 0 Å². The van der Waals surface area contributed by atoms with Crippen molar-refractivity contribution in [3.05, 3.63) is 45.9 Å². The summed E-state index contributed by atoms with van der Waals surface area (Å²) in [6.07, 6.45) is 1.10. The van der Waals surface area contributed by atoms with E-state index in [-0.39, 0.29) is 5.82 Å². The Balaban J connectivity index is 1.62. The Bertz CT molecular complexity index is 678. The molecular weight excluding hydrogens is 339 g/mol. The number of thiophene rings is 1. The molecule has 0 unspecified atom stereocenters. The number of hydrogen-bond acceptors (Lipinski definition) is 5. The fourth-order valence-electron chi connectivity index (χ4n) is 3.24. The topological polar surface area (TPSA) is 24.9 Å². The molecule has 1 aromatic carbocycles. The van der Waals surface area contributed by atoms with Crippen molar-refractivity contribution in [1.29, 1.82) is 0 Å². The van der Waals surface area contributed by atoms with Crippen LogP contribution in [0.25, 0.3) is 0 Å². The number of rotatable bonds is 6. The second-order valence-electron chi connectivity index (χ2n) is 6.34. The fraction of sp³-hybridized carbons (Fsp3) is 0.474. The molecular formula is C19H25FN2O2S. The van der Waals surface area contributed by atoms with E-state index >= 15 is 0 Å². The molecule has 2 aromatic rings. The lowest BCUT2D eigenvalue weighted by Crippen LogP contribution is -2.30. The summed E-state index contributed by atoms with van der Waals surface area (Å²) in [5.74, 6) is 0.770. The first-order valence-corrected chi connectivity index (χ1v) is 9.50. The molecule has 4 nitrogen and oxygen atoms in total. The van der Waals surface area contributed by atoms with Crippen LogP contribution in [0, 0.1) is 5.82 Å². The largest absolute Gasteiger partial charge is 0.493 e. The van der Waals surface area contributed by atoms with E-state index in [2.05, 4.69) is 26.6 Å². The Labute approximate surface area is 152 Å². The van der Waals surface area contributed by atoms with Gasteiger partial charge in [0.15, 0.2) is 11.5 Å². The van der Waals surface area contributed by atoms with E-state index < -0.39 is 0 Å². The highest BCUT2D eigenvalue weighted by molar-refractivity contribution is 7.07. The van der Waals surface area contributed by atoms with E-state index in [0.717, 1.165) is 39.1 Å². The van der Waals surface area contributed by atoms with Crippen molar-refractivity contribution >= 4 is 11.3 Å². The van der Waals surface area contributed by atoms with E-state index in [1.54, 1.807) is 24.5 Å². The summed E-state index contributed by atoms with van der Waals surface area (Å²) in [6, 6.07) is 5.35. The van der Waals surface area contributed by atoms with E-state index in [1.807, 2.05) is 0 Å². The summed E-state index contributed by atoms with van der Waals surface area (Å²) in [5, 5.41) is 4.33. The van der Waals surface area contributed by atoms with Crippen LogP contribution in [0.4, 0.5) is 4.39 Å². The molecule has 1 saturated heterocycles. The summed E-state index contributed by atoms with van der Waals surface area (Å²) in [5.41, 5.74) is 2.04. The van der Waals surface area contributed by atoms with Gasteiger partial charge in [-0.05, 0) is 48.0 Å². The van der Waals surface area contributed by atoms with Crippen molar-refractivity contribution < 1.29 is 13.9 Å². The predicted molar refractivity (Wildman–Crippen MR) is 99.0 cm³/mol. The second kappa shape index (κ2) is 8.65. The SMILES string of the molecule is COc1cc(F)c(CN2CCCN(Cc3ccsc3)CC2)cc1OC. The molecule has 1 aliphatic rings. The van der Waals surface area contributed by atoms with Crippen LogP contribution in [0.15, 0.2) is 29.0 Å². The van der Waals surface area contributed by atoms with Crippen LogP contribution < -0.4 is 9.47 Å². The van der Waals surface area contributed by atoms with Crippen LogP contribution in [-0.2, 0) is 13.1 Å². The zero-order chi connectivity index (χ0) is 17.6. The summed E-state index contributed by atoms with van der Waals surface area (Å²) < 4.78 is 24.8. The molecule has 0 atom stereocenters. The maximum absolute atomic E-state index is 14.4. The molecule has 2 heterocycles. The third kappa shape index (κ3) is 4.71. The minimum absolute atomic E-state index is 0.239. The molecule has 0 bridgehead atoms. The monoisotopic (exact) mass is 364 g/mol. The normalized spacial score (nSPS) is 16.6. The van der Waals surface area contributed by atoms with E-state index in [4.69, 9.17) is 9.47 Å². The molecule has 1 aromatic heterocycles. The highest BCUT2D eigenvalue weighted by Gasteiger charge is 2.18. The summed E-state index contributed by atoms with van der Waals surface area (Å²) >= 11 is 1.74. The first kappa shape index (κ1) is 18.2. The summed E-state index contributed by atoms with van der Waals surface area (Å²) in [6.45, 7) is 5.61. The third-order valence-corrected chi connectivity index (χ3v) is 5.35. The number of benzene rings is 1. The zero-order valence-electron chi connectivity index (χ0n) is 14.8. The quantitative estimate of drug-likeness (QED) is 0.782. The fourth-order valence-corrected chi connectivity index (χ4v) is 3.90. The highest BCUT2D eigenvalue weighted by atomic mass is 32.1. The molecule has 6 heteroatoms. The molecule has 136 valence electrons. The van der Waals surface area contributed by atoms with E-state index in [1.165, 1.54) is 18.7 Å². The molecule has 25 heavy (non-hydrogen) atoms. The van der Waals surface area contributed by atoms with Crippen molar-refractivity contribution in [2.45, 2.75) is 19.5 Å². The molecule has 1 aliphatic heterocycles. The van der Waals surface area contributed by atoms with Crippen LogP contribution in [-0.4, -0.2) is 50.2 Å². The minimum Gasteiger partial charge on any atom is -0.493 e. The Hall–Kier alpha value is -1.63. The average molecular weight is 364 g/mol. The molecule has 1 fully saturated rings. The first-order valence-electron chi connectivity index (χ1n) is 8.55. The standard InChI is InChI=1S/C19H25FN2O2S/c1-23-18-10-16(17(20)11-19(18)24-2)13-22-6-3-5-21(7-8-22)12-15-4-9-25-14-15/h4,9-11,14H,3,5-8,12-13H2,1-2H3. The van der Waals surface area contributed by atoms with Gasteiger partial charge in [0.2, 0.25) is 0 Å². The summed E-state index contributed by atoms with van der Waals surface area (Å²) in [4.78, 5) is 4.80. The second-order valence-corrected chi connectivity index (χ2v) is 7.12. The predicted octanol–water partition coefficient (Wildman–Crippen LogP) is 3.61. The van der Waals surface area contributed by atoms with Crippen LogP contribution in [0.1, 0.15) is 17.5 Å². The van der Waals surface area contributed by atoms with Crippen LogP contribution in [0.5, 0.6) is 11.5 Å². The molecule has 0 radical (unpaired) electrons. The zero-order valence-corrected chi connectivity index (χ0v) is 15.7. The van der Waals surface area contributed by atoms with Crippen LogP contribution in [0.2, 0.25) is 0 Å². The number of nitrogens with zero attached hydrogens (tertiary/aromatic N) is 2. The Morgan fingerprint density at radius 2 is 1.68 bits per heavy atom. The molecule has 0 aliphatic carbocycles. The molecule has 0 spiro atoms. The number of methoxy groups -OCH3 is 2. The number of halogens is 1. The van der Waals surface area contributed by atoms with Crippen LogP contribution in [0.3, 0.4) is 0 Å². The lowest BCUT2D eigenvalue weighted by Gasteiger charge is -2.22. The highest BCUT2D eigenvalue weighted by Crippen LogP contribution is 2.30. The van der Waals surface area contributed by atoms with Gasteiger partial charge >= 0.3 is 0 Å². The van der Waals surface area contributed by atoms with Gasteiger partial charge in [0, 0.05) is 37.8 Å². The molecule has 0 N–H and O–H groups in total. The maximum Gasteiger partial charge on any atom is 0.163 e. The number of ether oxygens (including phenoxy) is 2. The van der Waals surface area contributed by atoms with Crippen molar-refractivity contribution in [1.82, 2.24) is 9.80 Å².